The molecule has 0 amide bonds. The minimum atomic E-state index is -1.76. The molecule has 0 bridgehead atoms. The van der Waals surface area contributed by atoms with Crippen molar-refractivity contribution in [2.24, 2.45) is 0 Å². The third-order valence-corrected chi connectivity index (χ3v) is 10.4. The van der Waals surface area contributed by atoms with E-state index in [1.165, 1.54) is 32.1 Å². The van der Waals surface area contributed by atoms with Crippen LogP contribution in [-0.4, -0.2) is 142 Å². The molecule has 0 saturated carbocycles. The number of ether oxygens (including phenoxy) is 6. The SMILES string of the molecule is CCCCC/C=C\C/C=C\CCCCCCCCCC(=O)OC(COC(=O)CCCCCCC)COC1OC(COC2OC(CO)C(O)C(O)C2O)C(O)C(O)C1O. The van der Waals surface area contributed by atoms with Crippen LogP contribution in [0.5, 0.6) is 0 Å². The molecule has 2 heterocycles. The van der Waals surface area contributed by atoms with Gasteiger partial charge in [-0.05, 0) is 44.9 Å². The van der Waals surface area contributed by atoms with Gasteiger partial charge in [0.05, 0.1) is 19.8 Å². The molecule has 2 rings (SSSR count). The van der Waals surface area contributed by atoms with Gasteiger partial charge < -0.3 is 64.2 Å². The Bertz CT molecular complexity index is 1120. The summed E-state index contributed by atoms with van der Waals surface area (Å²) in [6.07, 6.45) is 11.3. The summed E-state index contributed by atoms with van der Waals surface area (Å²) >= 11 is 0. The minimum absolute atomic E-state index is 0.157. The van der Waals surface area contributed by atoms with Crippen LogP contribution in [0.25, 0.3) is 0 Å². The lowest BCUT2D eigenvalue weighted by Gasteiger charge is -2.42. The van der Waals surface area contributed by atoms with Crippen molar-refractivity contribution in [2.45, 2.75) is 210 Å². The van der Waals surface area contributed by atoms with Crippen LogP contribution in [0.15, 0.2) is 24.3 Å². The largest absolute Gasteiger partial charge is 0.462 e. The van der Waals surface area contributed by atoms with Gasteiger partial charge >= 0.3 is 11.9 Å². The Labute approximate surface area is 345 Å². The lowest BCUT2D eigenvalue weighted by atomic mass is 9.98. The van der Waals surface area contributed by atoms with Crippen LogP contribution in [-0.2, 0) is 38.0 Å². The highest BCUT2D eigenvalue weighted by Crippen LogP contribution is 2.26. The molecule has 0 aromatic heterocycles. The van der Waals surface area contributed by atoms with Crippen molar-refractivity contribution in [1.82, 2.24) is 0 Å². The van der Waals surface area contributed by atoms with E-state index in [0.29, 0.717) is 12.8 Å². The number of carbonyl (C=O) groups is 2. The highest BCUT2D eigenvalue weighted by Gasteiger charge is 2.47. The standard InChI is InChI=1S/C43H76O15/c1-3-5-7-9-10-11-12-13-14-15-16-17-18-19-20-22-24-26-35(46)56-31(28-53-34(45)25-23-21-8-6-4-2)29-54-42-41(52)39(50)37(48)33(58-42)30-55-43-40(51)38(49)36(47)32(27-44)57-43/h10-11,13-14,31-33,36-44,47-52H,3-9,12,15-30H2,1-2H3/b11-10-,14-13-. The number of esters is 2. The molecule has 0 spiro atoms. The molecule has 15 nitrogen and oxygen atoms in total. The summed E-state index contributed by atoms with van der Waals surface area (Å²) in [6, 6.07) is 0. The molecule has 2 aliphatic heterocycles. The van der Waals surface area contributed by atoms with Crippen molar-refractivity contribution in [3.63, 3.8) is 0 Å². The van der Waals surface area contributed by atoms with E-state index >= 15 is 0 Å². The third-order valence-electron chi connectivity index (χ3n) is 10.4. The summed E-state index contributed by atoms with van der Waals surface area (Å²) in [4.78, 5) is 25.3. The Morgan fingerprint density at radius 2 is 1.03 bits per heavy atom. The van der Waals surface area contributed by atoms with Gasteiger partial charge in [0, 0.05) is 12.8 Å². The summed E-state index contributed by atoms with van der Waals surface area (Å²) < 4.78 is 33.2. The molecule has 2 saturated heterocycles. The Balaban J connectivity index is 1.81. The molecule has 2 fully saturated rings. The maximum atomic E-state index is 12.9. The molecular formula is C43H76O15. The number of carbonyl (C=O) groups excluding carboxylic acids is 2. The lowest BCUT2D eigenvalue weighted by Crippen LogP contribution is -2.61. The van der Waals surface area contributed by atoms with Crippen molar-refractivity contribution in [1.29, 1.82) is 0 Å². The Kier molecular flexibility index (Phi) is 28.6. The number of aliphatic hydroxyl groups is 7. The van der Waals surface area contributed by atoms with Crippen molar-refractivity contribution in [3.05, 3.63) is 24.3 Å². The number of unbranched alkanes of at least 4 members (excludes halogenated alkanes) is 14. The van der Waals surface area contributed by atoms with Crippen LogP contribution in [0.3, 0.4) is 0 Å². The number of hydrogen-bond donors (Lipinski definition) is 7. The van der Waals surface area contributed by atoms with Gasteiger partial charge in [0.15, 0.2) is 18.7 Å². The van der Waals surface area contributed by atoms with Crippen molar-refractivity contribution >= 4 is 11.9 Å². The fourth-order valence-electron chi connectivity index (χ4n) is 6.72. The zero-order valence-electron chi connectivity index (χ0n) is 35.0. The van der Waals surface area contributed by atoms with E-state index in [2.05, 4.69) is 38.2 Å². The van der Waals surface area contributed by atoms with Gasteiger partial charge in [-0.25, -0.2) is 0 Å². The second-order valence-electron chi connectivity index (χ2n) is 15.5. The first-order valence-electron chi connectivity index (χ1n) is 21.9. The second kappa shape index (κ2) is 31.8. The van der Waals surface area contributed by atoms with Crippen LogP contribution in [0.2, 0.25) is 0 Å². The molecule has 338 valence electrons. The van der Waals surface area contributed by atoms with Crippen LogP contribution in [0, 0.1) is 0 Å². The fraction of sp³-hybridized carbons (Fsp3) is 0.860. The smallest absolute Gasteiger partial charge is 0.306 e. The van der Waals surface area contributed by atoms with Crippen LogP contribution in [0.4, 0.5) is 0 Å². The summed E-state index contributed by atoms with van der Waals surface area (Å²) in [5.41, 5.74) is 0. The van der Waals surface area contributed by atoms with Crippen molar-refractivity contribution < 1.29 is 73.8 Å². The molecule has 11 unspecified atom stereocenters. The zero-order chi connectivity index (χ0) is 42.5. The molecular weight excluding hydrogens is 756 g/mol. The minimum Gasteiger partial charge on any atom is -0.462 e. The number of aliphatic hydroxyl groups excluding tert-OH is 7. The molecule has 0 radical (unpaired) electrons. The molecule has 2 aliphatic rings. The van der Waals surface area contributed by atoms with Gasteiger partial charge in [-0.1, -0.05) is 109 Å². The number of allylic oxidation sites excluding steroid dienone is 4. The molecule has 0 aliphatic carbocycles. The predicted molar refractivity (Wildman–Crippen MR) is 215 cm³/mol. The number of rotatable bonds is 32. The van der Waals surface area contributed by atoms with Crippen LogP contribution >= 0.6 is 0 Å². The molecule has 7 N–H and O–H groups in total. The van der Waals surface area contributed by atoms with Gasteiger partial charge in [0.25, 0.3) is 0 Å². The molecule has 15 heteroatoms. The second-order valence-corrected chi connectivity index (χ2v) is 15.5. The average molecular weight is 833 g/mol. The summed E-state index contributed by atoms with van der Waals surface area (Å²) in [5, 5.41) is 71.6. The lowest BCUT2D eigenvalue weighted by molar-refractivity contribution is -0.332. The average Bonchev–Trinajstić information content (AvgIpc) is 3.21. The van der Waals surface area contributed by atoms with E-state index in [4.69, 9.17) is 28.4 Å². The van der Waals surface area contributed by atoms with Crippen LogP contribution < -0.4 is 0 Å². The molecule has 0 aromatic carbocycles. The topological polar surface area (TPSA) is 231 Å². The van der Waals surface area contributed by atoms with E-state index in [9.17, 15) is 45.3 Å². The summed E-state index contributed by atoms with van der Waals surface area (Å²) in [5.74, 6) is -0.949. The molecule has 58 heavy (non-hydrogen) atoms. The number of hydrogen-bond acceptors (Lipinski definition) is 15. The summed E-state index contributed by atoms with van der Waals surface area (Å²) in [7, 11) is 0. The normalized spacial score (nSPS) is 28.3. The molecule has 0 aromatic rings. The van der Waals surface area contributed by atoms with Gasteiger partial charge in [-0.3, -0.25) is 9.59 Å². The van der Waals surface area contributed by atoms with Gasteiger partial charge in [-0.2, -0.15) is 0 Å². The van der Waals surface area contributed by atoms with E-state index in [1.807, 2.05) is 0 Å². The highest BCUT2D eigenvalue weighted by molar-refractivity contribution is 5.70. The zero-order valence-corrected chi connectivity index (χ0v) is 35.0. The Hall–Kier alpha value is -2.02. The highest BCUT2D eigenvalue weighted by atomic mass is 16.7. The monoisotopic (exact) mass is 833 g/mol. The first-order valence-corrected chi connectivity index (χ1v) is 21.9. The third kappa shape index (κ3) is 21.0. The van der Waals surface area contributed by atoms with Crippen molar-refractivity contribution in [3.8, 4) is 0 Å². The van der Waals surface area contributed by atoms with Crippen LogP contribution in [0.1, 0.15) is 142 Å². The van der Waals surface area contributed by atoms with E-state index < -0.39 is 92.7 Å². The van der Waals surface area contributed by atoms with Gasteiger partial charge in [0.1, 0.15) is 55.4 Å². The first kappa shape index (κ1) is 52.1. The van der Waals surface area contributed by atoms with E-state index in [1.54, 1.807) is 0 Å². The van der Waals surface area contributed by atoms with Gasteiger partial charge in [-0.15, -0.1) is 0 Å². The Morgan fingerprint density at radius 1 is 0.552 bits per heavy atom. The Morgan fingerprint density at radius 3 is 1.64 bits per heavy atom. The first-order chi connectivity index (χ1) is 28.0. The quantitative estimate of drug-likeness (QED) is 0.0288. The van der Waals surface area contributed by atoms with E-state index in [-0.39, 0.29) is 26.1 Å². The van der Waals surface area contributed by atoms with Crippen molar-refractivity contribution in [2.75, 3.05) is 26.4 Å². The summed E-state index contributed by atoms with van der Waals surface area (Å²) in [6.45, 7) is 2.43. The predicted octanol–water partition coefficient (Wildman–Crippen LogP) is 4.04. The van der Waals surface area contributed by atoms with Gasteiger partial charge in [0.2, 0.25) is 0 Å². The van der Waals surface area contributed by atoms with E-state index in [0.717, 1.165) is 70.6 Å². The maximum absolute atomic E-state index is 12.9. The molecule has 11 atom stereocenters. The fourth-order valence-corrected chi connectivity index (χ4v) is 6.72. The maximum Gasteiger partial charge on any atom is 0.306 e.